The lowest BCUT2D eigenvalue weighted by atomic mass is 9.97. The van der Waals surface area contributed by atoms with Crippen LogP contribution in [0.4, 0.5) is 0 Å². The molecule has 8 rings (SSSR count). The second-order valence-corrected chi connectivity index (χ2v) is 29.2. The number of rotatable bonds is 42. The van der Waals surface area contributed by atoms with Gasteiger partial charge in [-0.3, -0.25) is 73.2 Å². The number of carboxylic acids is 2. The van der Waals surface area contributed by atoms with Crippen molar-refractivity contribution < 1.29 is 77.6 Å². The first kappa shape index (κ1) is 87.2. The highest BCUT2D eigenvalue weighted by atomic mass is 35.5. The summed E-state index contributed by atoms with van der Waals surface area (Å²) in [5, 5.41) is 67.5. The number of primary amides is 1. The predicted octanol–water partition coefficient (Wildman–Crippen LogP) is 1.18. The number of nitrogens with one attached hydrogen (secondary N) is 11. The van der Waals surface area contributed by atoms with E-state index in [1.54, 1.807) is 105 Å². The van der Waals surface area contributed by atoms with Crippen molar-refractivity contribution >= 4 is 99.3 Å². The van der Waals surface area contributed by atoms with Gasteiger partial charge in [-0.25, -0.2) is 0 Å². The molecule has 2 fully saturated rings. The molecule has 2 heterocycles. The van der Waals surface area contributed by atoms with E-state index in [9.17, 15) is 53.7 Å². The van der Waals surface area contributed by atoms with Gasteiger partial charge in [-0.15, -0.1) is 0 Å². The number of halogens is 1. The number of nitrogens with zero attached hydrogens (tertiary/aromatic N) is 2. The number of nitrogens with two attached hydrogens (primary N) is 2. The summed E-state index contributed by atoms with van der Waals surface area (Å²) in [4.78, 5) is 173. The first-order chi connectivity index (χ1) is 54.1. The standard InChI is InChI=1S/C81H102ClN15O16/c1-48(2)38-62(73(105)89-60(18-10-32-86-81(84)85)80(112)97-33-11-19-68(97)79(111)88-49(3)71(83)103)90-74(106)65(40-51-20-22-54(23-21-51)43-69(99)100)93-76(108)66(41-52-24-26-55(27-25-52)46-96-34-36-113-37-35-96)94-78(110)67(47-98)95-77(109)63(39-50-12-5-4-6-13-50)92-75(107)64(42-53-28-30-58(82)31-29-53)91-72(104)61(87-45-70(101)102)44-57-16-9-15-56-14-7-8-17-59(56)57/h4-9,12-17,20-31,48-49,60-68,87,98H,10-11,18-19,32-47H2,1-3H3,(H2,83,103)(H,88,111)(H,89,105)(H,90,106)(H,91,104)(H,92,107)(H,93,108)(H,94,110)(H,95,109)(H,99,100)(H,101,102)(H4,84,85,86)/t49-,60-,61+,62-,63+,64+,65+,66-,67-,68-/m0/s1. The predicted molar refractivity (Wildman–Crippen MR) is 421 cm³/mol. The van der Waals surface area contributed by atoms with E-state index in [4.69, 9.17) is 33.2 Å². The molecule has 604 valence electrons. The molecule has 0 radical (unpaired) electrons. The number of likely N-dealkylation sites (tertiary alicyclic amines) is 1. The highest BCUT2D eigenvalue weighted by Gasteiger charge is 2.41. The number of fused-ring (bicyclic) bond motifs is 1. The number of carbonyl (C=O) groups is 12. The zero-order valence-electron chi connectivity index (χ0n) is 63.4. The molecule has 2 aliphatic heterocycles. The molecule has 0 unspecified atom stereocenters. The molecule has 18 N–H and O–H groups in total. The highest BCUT2D eigenvalue weighted by molar-refractivity contribution is 6.30. The van der Waals surface area contributed by atoms with Crippen LogP contribution in [-0.4, -0.2) is 215 Å². The average Bonchev–Trinajstić information content (AvgIpc) is 1.72. The second kappa shape index (κ2) is 43.4. The molecule has 0 saturated carbocycles. The Hall–Kier alpha value is -11.4. The number of aliphatic hydroxyl groups excluding tert-OH is 1. The summed E-state index contributed by atoms with van der Waals surface area (Å²) < 4.78 is 5.55. The van der Waals surface area contributed by atoms with E-state index in [0.29, 0.717) is 77.7 Å². The Labute approximate surface area is 660 Å². The van der Waals surface area contributed by atoms with Crippen molar-refractivity contribution in [3.8, 4) is 0 Å². The number of aliphatic hydroxyl groups is 1. The maximum atomic E-state index is 15.4. The summed E-state index contributed by atoms with van der Waals surface area (Å²) in [6.07, 6.45) is -0.531. The number of amides is 10. The van der Waals surface area contributed by atoms with Gasteiger partial charge < -0.3 is 84.3 Å². The third-order valence-corrected chi connectivity index (χ3v) is 19.7. The Bertz CT molecular complexity index is 4280. The van der Waals surface area contributed by atoms with E-state index in [0.717, 1.165) is 16.3 Å². The monoisotopic (exact) mass is 1580 g/mol. The van der Waals surface area contributed by atoms with Crippen molar-refractivity contribution in [3.05, 3.63) is 190 Å². The second-order valence-electron chi connectivity index (χ2n) is 28.7. The number of ether oxygens (including phenoxy) is 1. The largest absolute Gasteiger partial charge is 0.481 e. The van der Waals surface area contributed by atoms with Crippen molar-refractivity contribution in [3.63, 3.8) is 0 Å². The number of hydrogen-bond donors (Lipinski definition) is 16. The molecule has 0 aliphatic carbocycles. The van der Waals surface area contributed by atoms with Crippen LogP contribution in [0.1, 0.15) is 91.8 Å². The van der Waals surface area contributed by atoms with Gasteiger partial charge in [0.25, 0.3) is 0 Å². The van der Waals surface area contributed by atoms with Gasteiger partial charge in [0, 0.05) is 63.4 Å². The fraction of sp³-hybridized carbons (Fsp3) is 0.420. The number of aliphatic carboxylic acids is 2. The molecular formula is C81H102ClN15O16. The van der Waals surface area contributed by atoms with E-state index < -0.39 is 145 Å². The number of morpholine rings is 1. The van der Waals surface area contributed by atoms with Crippen LogP contribution in [0.5, 0.6) is 0 Å². The van der Waals surface area contributed by atoms with Gasteiger partial charge in [-0.1, -0.05) is 159 Å². The topological polar surface area (TPSA) is 477 Å². The van der Waals surface area contributed by atoms with Crippen LogP contribution in [0, 0.1) is 11.3 Å². The van der Waals surface area contributed by atoms with Crippen molar-refractivity contribution in [1.29, 1.82) is 5.41 Å². The molecule has 31 nitrogen and oxygen atoms in total. The summed E-state index contributed by atoms with van der Waals surface area (Å²) in [6.45, 7) is 6.55. The van der Waals surface area contributed by atoms with Crippen LogP contribution < -0.4 is 64.6 Å². The van der Waals surface area contributed by atoms with Crippen molar-refractivity contribution in [2.45, 2.75) is 158 Å². The van der Waals surface area contributed by atoms with E-state index >= 15 is 19.2 Å². The molecule has 32 heteroatoms. The molecular weight excluding hydrogens is 1470 g/mol. The number of benzene rings is 6. The minimum Gasteiger partial charge on any atom is -0.481 e. The minimum atomic E-state index is -1.84. The summed E-state index contributed by atoms with van der Waals surface area (Å²) in [5.74, 6) is -11.5. The van der Waals surface area contributed by atoms with Crippen LogP contribution in [0.2, 0.25) is 5.02 Å². The lowest BCUT2D eigenvalue weighted by Gasteiger charge is -2.31. The fourth-order valence-electron chi connectivity index (χ4n) is 13.4. The molecule has 6 aromatic carbocycles. The quantitative estimate of drug-likeness (QED) is 0.0145. The van der Waals surface area contributed by atoms with Gasteiger partial charge in [-0.2, -0.15) is 0 Å². The van der Waals surface area contributed by atoms with Gasteiger partial charge in [0.2, 0.25) is 59.1 Å². The number of guanidine groups is 1. The number of carbonyl (C=O) groups excluding carboxylic acids is 10. The van der Waals surface area contributed by atoms with Gasteiger partial charge in [-0.05, 0) is 113 Å². The van der Waals surface area contributed by atoms with Crippen LogP contribution >= 0.6 is 11.6 Å². The van der Waals surface area contributed by atoms with Crippen LogP contribution in [0.3, 0.4) is 0 Å². The fourth-order valence-corrected chi connectivity index (χ4v) is 13.5. The molecule has 0 spiro atoms. The van der Waals surface area contributed by atoms with Gasteiger partial charge in [0.05, 0.1) is 38.8 Å². The summed E-state index contributed by atoms with van der Waals surface area (Å²) in [5.41, 5.74) is 15.0. The summed E-state index contributed by atoms with van der Waals surface area (Å²) in [6, 6.07) is 27.2. The summed E-state index contributed by atoms with van der Waals surface area (Å²) >= 11 is 6.28. The Balaban J connectivity index is 1.08. The van der Waals surface area contributed by atoms with Crippen molar-refractivity contribution in [2.24, 2.45) is 17.4 Å². The minimum absolute atomic E-state index is 0.00332. The summed E-state index contributed by atoms with van der Waals surface area (Å²) in [7, 11) is 0. The average molecular weight is 1580 g/mol. The molecule has 0 bridgehead atoms. The van der Waals surface area contributed by atoms with E-state index in [2.05, 4.69) is 58.1 Å². The van der Waals surface area contributed by atoms with Gasteiger partial charge in [0.15, 0.2) is 5.96 Å². The Morgan fingerprint density at radius 3 is 1.52 bits per heavy atom. The van der Waals surface area contributed by atoms with Gasteiger partial charge in [0.1, 0.15) is 54.4 Å². The highest BCUT2D eigenvalue weighted by Crippen LogP contribution is 2.24. The van der Waals surface area contributed by atoms with E-state index in [1.807, 2.05) is 42.5 Å². The molecule has 10 amide bonds. The zero-order valence-corrected chi connectivity index (χ0v) is 64.2. The molecule has 10 atom stereocenters. The lowest BCUT2D eigenvalue weighted by molar-refractivity contribution is -0.142. The first-order valence-corrected chi connectivity index (χ1v) is 38.1. The Kier molecular flexibility index (Phi) is 33.5. The smallest absolute Gasteiger partial charge is 0.317 e. The molecule has 2 aliphatic rings. The number of carboxylic acid groups (broad SMARTS) is 2. The van der Waals surface area contributed by atoms with Crippen LogP contribution in [0.15, 0.2) is 146 Å². The third kappa shape index (κ3) is 27.8. The van der Waals surface area contributed by atoms with Crippen molar-refractivity contribution in [2.75, 3.05) is 52.5 Å². The Morgan fingerprint density at radius 1 is 0.522 bits per heavy atom. The zero-order chi connectivity index (χ0) is 81.7. The van der Waals surface area contributed by atoms with Crippen molar-refractivity contribution in [1.82, 2.24) is 63.0 Å². The van der Waals surface area contributed by atoms with E-state index in [-0.39, 0.29) is 89.2 Å². The normalized spacial score (nSPS) is 15.9. The van der Waals surface area contributed by atoms with Gasteiger partial charge >= 0.3 is 11.9 Å². The van der Waals surface area contributed by atoms with Crippen LogP contribution in [-0.2, 0) is 107 Å². The third-order valence-electron chi connectivity index (χ3n) is 19.5. The lowest BCUT2D eigenvalue weighted by Crippen LogP contribution is -2.62. The SMILES string of the molecule is CC(C)C[C@H](NC(=O)[C@@H](Cc1ccc(CC(=O)O)cc1)NC(=O)[C@H](Cc1ccc(CN2CCOCC2)cc1)NC(=O)[C@H](CO)NC(=O)[C@@H](Cc1ccccc1)NC(=O)[C@@H](Cc1ccc(Cl)cc1)NC(=O)[C@@H](Cc1cccc2ccccc12)NCC(=O)O)C(=O)N[C@@H](CCCNC(=N)N)C(=O)N1CCC[C@H]1C(=O)N[C@@H](C)C(N)=O. The maximum Gasteiger partial charge on any atom is 0.317 e. The first-order valence-electron chi connectivity index (χ1n) is 37.7. The maximum absolute atomic E-state index is 15.4. The number of hydrogen-bond acceptors (Lipinski definition) is 17. The molecule has 6 aromatic rings. The molecule has 113 heavy (non-hydrogen) atoms. The van der Waals surface area contributed by atoms with E-state index in [1.165, 1.54) is 24.0 Å². The van der Waals surface area contributed by atoms with Crippen LogP contribution in [0.25, 0.3) is 10.8 Å². The Morgan fingerprint density at radius 2 is 0.991 bits per heavy atom. The molecule has 0 aromatic heterocycles. The molecule has 2 saturated heterocycles.